The molecule has 0 bridgehead atoms. The first-order valence-corrected chi connectivity index (χ1v) is 13.7. The maximum atomic E-state index is 13.0. The molecular weight excluding hydrogens is 426 g/mol. The van der Waals surface area contributed by atoms with Gasteiger partial charge in [0.25, 0.3) is 0 Å². The molecular formula is C20H29N3O5S2. The Morgan fingerprint density at radius 3 is 2.50 bits per heavy atom. The zero-order valence-corrected chi connectivity index (χ0v) is 18.9. The predicted octanol–water partition coefficient (Wildman–Crippen LogP) is 0.175. The molecule has 4 rings (SSSR count). The number of sulfonamides is 1. The number of carbonyl (C=O) groups is 1. The zero-order chi connectivity index (χ0) is 21.6. The Kier molecular flexibility index (Phi) is 5.71. The Labute approximate surface area is 178 Å². The number of hydrogen-bond donors (Lipinski definition) is 1. The smallest absolute Gasteiger partial charge is 0.243 e. The summed E-state index contributed by atoms with van der Waals surface area (Å²) in [5, 5.41) is 2.86. The van der Waals surface area contributed by atoms with Crippen LogP contribution >= 0.6 is 0 Å². The minimum absolute atomic E-state index is 0.0292. The Morgan fingerprint density at radius 2 is 1.83 bits per heavy atom. The zero-order valence-electron chi connectivity index (χ0n) is 17.3. The molecule has 2 aliphatic heterocycles. The molecule has 1 aromatic carbocycles. The molecule has 1 N–H and O–H groups in total. The largest absolute Gasteiger partial charge is 0.349 e. The third-order valence-electron chi connectivity index (χ3n) is 6.35. The molecule has 0 spiro atoms. The van der Waals surface area contributed by atoms with E-state index in [4.69, 9.17) is 0 Å². The first kappa shape index (κ1) is 21.7. The van der Waals surface area contributed by atoms with Gasteiger partial charge in [-0.05, 0) is 55.9 Å². The highest BCUT2D eigenvalue weighted by Crippen LogP contribution is 2.27. The van der Waals surface area contributed by atoms with Crippen molar-refractivity contribution in [2.24, 2.45) is 0 Å². The van der Waals surface area contributed by atoms with Crippen molar-refractivity contribution in [1.29, 1.82) is 0 Å². The van der Waals surface area contributed by atoms with Crippen LogP contribution in [0, 0.1) is 0 Å². The van der Waals surface area contributed by atoms with Crippen LogP contribution in [-0.2, 0) is 37.5 Å². The van der Waals surface area contributed by atoms with Crippen LogP contribution in [0.15, 0.2) is 23.1 Å². The SMILES string of the molecule is C[C@]1(NC(=O)CN2CCN(S(=O)(=O)c3ccc4c(c3)CCC4)CC2)CCS(=O)(=O)C1. The topological polar surface area (TPSA) is 104 Å². The van der Waals surface area contributed by atoms with E-state index in [9.17, 15) is 21.6 Å². The highest BCUT2D eigenvalue weighted by atomic mass is 32.2. The quantitative estimate of drug-likeness (QED) is 0.679. The molecule has 1 aromatic rings. The second kappa shape index (κ2) is 7.89. The van der Waals surface area contributed by atoms with E-state index >= 15 is 0 Å². The van der Waals surface area contributed by atoms with Crippen LogP contribution in [0.1, 0.15) is 30.9 Å². The predicted molar refractivity (Wildman–Crippen MR) is 113 cm³/mol. The number of sulfone groups is 1. The summed E-state index contributed by atoms with van der Waals surface area (Å²) in [5.41, 5.74) is 1.66. The summed E-state index contributed by atoms with van der Waals surface area (Å²) < 4.78 is 50.9. The summed E-state index contributed by atoms with van der Waals surface area (Å²) in [6.07, 6.45) is 3.45. The minimum Gasteiger partial charge on any atom is -0.349 e. The lowest BCUT2D eigenvalue weighted by molar-refractivity contribution is -0.124. The first-order valence-electron chi connectivity index (χ1n) is 10.4. The molecule has 2 fully saturated rings. The van der Waals surface area contributed by atoms with Crippen LogP contribution in [0.5, 0.6) is 0 Å². The van der Waals surface area contributed by atoms with Gasteiger partial charge in [0.15, 0.2) is 9.84 Å². The van der Waals surface area contributed by atoms with Gasteiger partial charge in [0.1, 0.15) is 0 Å². The first-order chi connectivity index (χ1) is 14.1. The van der Waals surface area contributed by atoms with E-state index in [1.54, 1.807) is 13.0 Å². The highest BCUT2D eigenvalue weighted by Gasteiger charge is 2.39. The highest BCUT2D eigenvalue weighted by molar-refractivity contribution is 7.91. The van der Waals surface area contributed by atoms with Crippen molar-refractivity contribution in [2.45, 2.75) is 43.0 Å². The molecule has 1 amide bonds. The van der Waals surface area contributed by atoms with E-state index in [0.717, 1.165) is 24.8 Å². The van der Waals surface area contributed by atoms with Gasteiger partial charge in [0.2, 0.25) is 15.9 Å². The third kappa shape index (κ3) is 4.56. The average molecular weight is 456 g/mol. The van der Waals surface area contributed by atoms with Crippen LogP contribution in [-0.4, -0.2) is 81.7 Å². The van der Waals surface area contributed by atoms with Crippen molar-refractivity contribution < 1.29 is 21.6 Å². The Bertz CT molecular complexity index is 1050. The van der Waals surface area contributed by atoms with E-state index in [0.29, 0.717) is 37.5 Å². The maximum Gasteiger partial charge on any atom is 0.243 e. The fourth-order valence-corrected chi connectivity index (χ4v) is 8.24. The monoisotopic (exact) mass is 455 g/mol. The van der Waals surface area contributed by atoms with E-state index in [2.05, 4.69) is 5.32 Å². The van der Waals surface area contributed by atoms with Gasteiger partial charge in [-0.2, -0.15) is 4.31 Å². The van der Waals surface area contributed by atoms with Gasteiger partial charge in [-0.25, -0.2) is 16.8 Å². The van der Waals surface area contributed by atoms with E-state index < -0.39 is 25.4 Å². The number of hydrogen-bond acceptors (Lipinski definition) is 6. The number of rotatable bonds is 5. The van der Waals surface area contributed by atoms with Crippen molar-refractivity contribution in [3.05, 3.63) is 29.3 Å². The Morgan fingerprint density at radius 1 is 1.13 bits per heavy atom. The molecule has 2 heterocycles. The van der Waals surface area contributed by atoms with E-state index in [-0.39, 0.29) is 24.0 Å². The van der Waals surface area contributed by atoms with Gasteiger partial charge < -0.3 is 5.32 Å². The van der Waals surface area contributed by atoms with Gasteiger partial charge in [-0.3, -0.25) is 9.69 Å². The van der Waals surface area contributed by atoms with Crippen molar-refractivity contribution >= 4 is 25.8 Å². The molecule has 0 aromatic heterocycles. The average Bonchev–Trinajstić information content (AvgIpc) is 3.24. The number of carbonyl (C=O) groups excluding carboxylic acids is 1. The number of aryl methyl sites for hydroxylation is 2. The van der Waals surface area contributed by atoms with E-state index in [1.165, 1.54) is 9.87 Å². The summed E-state index contributed by atoms with van der Waals surface area (Å²) in [4.78, 5) is 14.7. The fraction of sp³-hybridized carbons (Fsp3) is 0.650. The molecule has 8 nitrogen and oxygen atoms in total. The number of fused-ring (bicyclic) bond motifs is 1. The molecule has 30 heavy (non-hydrogen) atoms. The van der Waals surface area contributed by atoms with Crippen molar-refractivity contribution in [3.63, 3.8) is 0 Å². The summed E-state index contributed by atoms with van der Waals surface area (Å²) in [5.74, 6) is -0.147. The van der Waals surface area contributed by atoms with Crippen LogP contribution < -0.4 is 5.32 Å². The lowest BCUT2D eigenvalue weighted by Crippen LogP contribution is -2.54. The van der Waals surface area contributed by atoms with Crippen LogP contribution in [0.2, 0.25) is 0 Å². The minimum atomic E-state index is -3.54. The molecule has 0 radical (unpaired) electrons. The van der Waals surface area contributed by atoms with Crippen molar-refractivity contribution in [2.75, 3.05) is 44.2 Å². The number of amides is 1. The van der Waals surface area contributed by atoms with Crippen molar-refractivity contribution in [1.82, 2.24) is 14.5 Å². The second-order valence-electron chi connectivity index (χ2n) is 8.92. The number of piperazine rings is 1. The van der Waals surface area contributed by atoms with Crippen LogP contribution in [0.3, 0.4) is 0 Å². The van der Waals surface area contributed by atoms with Gasteiger partial charge in [-0.1, -0.05) is 6.07 Å². The molecule has 166 valence electrons. The van der Waals surface area contributed by atoms with Crippen LogP contribution in [0.25, 0.3) is 0 Å². The molecule has 3 aliphatic rings. The van der Waals surface area contributed by atoms with E-state index in [1.807, 2.05) is 17.0 Å². The Balaban J connectivity index is 1.32. The lowest BCUT2D eigenvalue weighted by atomic mass is 10.0. The standard InChI is InChI=1S/C20H29N3O5S2/c1-20(7-12-29(25,26)15-20)21-19(24)14-22-8-10-23(11-9-22)30(27,28)18-6-5-16-3-2-4-17(16)13-18/h5-6,13H,2-4,7-12,14-15H2,1H3,(H,21,24)/t20-/m0/s1. The second-order valence-corrected chi connectivity index (χ2v) is 13.0. The van der Waals surface area contributed by atoms with Crippen LogP contribution in [0.4, 0.5) is 0 Å². The maximum absolute atomic E-state index is 13.0. The van der Waals surface area contributed by atoms with Crippen molar-refractivity contribution in [3.8, 4) is 0 Å². The summed E-state index contributed by atoms with van der Waals surface area (Å²) in [6, 6.07) is 5.45. The third-order valence-corrected chi connectivity index (χ3v) is 10.1. The summed E-state index contributed by atoms with van der Waals surface area (Å²) in [7, 11) is -6.63. The van der Waals surface area contributed by atoms with Gasteiger partial charge in [0.05, 0.1) is 28.5 Å². The number of nitrogens with one attached hydrogen (secondary N) is 1. The van der Waals surface area contributed by atoms with Gasteiger partial charge in [-0.15, -0.1) is 0 Å². The molecule has 1 atom stereocenters. The lowest BCUT2D eigenvalue weighted by Gasteiger charge is -2.34. The molecule has 10 heteroatoms. The van der Waals surface area contributed by atoms with Gasteiger partial charge in [0, 0.05) is 26.2 Å². The summed E-state index contributed by atoms with van der Waals surface area (Å²) in [6.45, 7) is 3.49. The Hall–Kier alpha value is -1.49. The molecule has 1 aliphatic carbocycles. The number of nitrogens with zero attached hydrogens (tertiary/aromatic N) is 2. The van der Waals surface area contributed by atoms with Gasteiger partial charge >= 0.3 is 0 Å². The summed E-state index contributed by atoms with van der Waals surface area (Å²) >= 11 is 0. The molecule has 0 saturated carbocycles. The normalized spacial score (nSPS) is 27.1. The fourth-order valence-electron chi connectivity index (χ4n) is 4.67. The molecule has 2 saturated heterocycles. The number of benzene rings is 1. The molecule has 0 unspecified atom stereocenters.